The third-order valence-electron chi connectivity index (χ3n) is 4.43. The van der Waals surface area contributed by atoms with Gasteiger partial charge in [0.1, 0.15) is 5.75 Å². The number of methoxy groups -OCH3 is 1. The smallest absolute Gasteiger partial charge is 0.340 e. The first-order chi connectivity index (χ1) is 11.7. The minimum atomic E-state index is -0.363. The van der Waals surface area contributed by atoms with Gasteiger partial charge in [-0.3, -0.25) is 4.98 Å². The zero-order valence-electron chi connectivity index (χ0n) is 13.3. The Balaban J connectivity index is 2.10. The molecule has 4 nitrogen and oxygen atoms in total. The van der Waals surface area contributed by atoms with Gasteiger partial charge < -0.3 is 9.84 Å². The molecule has 0 aliphatic heterocycles. The Hall–Kier alpha value is -2.88. The molecule has 0 bridgehead atoms. The van der Waals surface area contributed by atoms with E-state index < -0.39 is 0 Å². The molecule has 4 rings (SSSR count). The molecule has 0 radical (unpaired) electrons. The molecule has 0 amide bonds. The van der Waals surface area contributed by atoms with Gasteiger partial charge in [-0.25, -0.2) is 4.79 Å². The number of esters is 1. The van der Waals surface area contributed by atoms with Gasteiger partial charge in [0.2, 0.25) is 0 Å². The van der Waals surface area contributed by atoms with Crippen LogP contribution in [0.5, 0.6) is 5.75 Å². The standard InChI is InChI=1S/C20H17NO3/c1-24-20(23)18-17(12-8-10-14(22)11-9-12)15-4-2-3-5-16(15)21-19(18)13-6-7-13/h2-5,8-11,13,22H,6-7H2,1H3. The fourth-order valence-electron chi connectivity index (χ4n) is 3.12. The van der Waals surface area contributed by atoms with E-state index in [1.165, 1.54) is 7.11 Å². The lowest BCUT2D eigenvalue weighted by Crippen LogP contribution is -2.10. The number of phenolic OH excluding ortho intramolecular Hbond substituents is 1. The first-order valence-corrected chi connectivity index (χ1v) is 7.99. The van der Waals surface area contributed by atoms with Gasteiger partial charge in [-0.2, -0.15) is 0 Å². The van der Waals surface area contributed by atoms with E-state index in [4.69, 9.17) is 9.72 Å². The van der Waals surface area contributed by atoms with Gasteiger partial charge in [0.15, 0.2) is 0 Å². The van der Waals surface area contributed by atoms with E-state index in [-0.39, 0.29) is 11.7 Å². The second kappa shape index (κ2) is 5.64. The molecule has 1 aromatic heterocycles. The van der Waals surface area contributed by atoms with E-state index in [2.05, 4.69) is 0 Å². The van der Waals surface area contributed by atoms with Crippen molar-refractivity contribution in [1.82, 2.24) is 4.98 Å². The Morgan fingerprint density at radius 3 is 2.50 bits per heavy atom. The Morgan fingerprint density at radius 1 is 1.12 bits per heavy atom. The van der Waals surface area contributed by atoms with Crippen LogP contribution in [0.2, 0.25) is 0 Å². The van der Waals surface area contributed by atoms with Crippen molar-refractivity contribution in [3.63, 3.8) is 0 Å². The number of nitrogens with zero attached hydrogens (tertiary/aromatic N) is 1. The fraction of sp³-hybridized carbons (Fsp3) is 0.200. The molecule has 120 valence electrons. The summed E-state index contributed by atoms with van der Waals surface area (Å²) in [6.07, 6.45) is 2.09. The summed E-state index contributed by atoms with van der Waals surface area (Å²) in [5, 5.41) is 10.5. The minimum absolute atomic E-state index is 0.194. The van der Waals surface area contributed by atoms with Gasteiger partial charge in [0.25, 0.3) is 0 Å². The molecule has 3 aromatic rings. The van der Waals surface area contributed by atoms with E-state index in [1.54, 1.807) is 12.1 Å². The van der Waals surface area contributed by atoms with Gasteiger partial charge in [-0.1, -0.05) is 30.3 Å². The molecule has 0 spiro atoms. The highest BCUT2D eigenvalue weighted by Crippen LogP contribution is 2.45. The summed E-state index contributed by atoms with van der Waals surface area (Å²) in [6.45, 7) is 0. The van der Waals surface area contributed by atoms with Crippen LogP contribution >= 0.6 is 0 Å². The van der Waals surface area contributed by atoms with Crippen LogP contribution in [0.3, 0.4) is 0 Å². The molecule has 1 aliphatic rings. The van der Waals surface area contributed by atoms with Crippen molar-refractivity contribution in [2.75, 3.05) is 7.11 Å². The Labute approximate surface area is 139 Å². The average molecular weight is 319 g/mol. The van der Waals surface area contributed by atoms with E-state index >= 15 is 0 Å². The van der Waals surface area contributed by atoms with Crippen LogP contribution in [0.15, 0.2) is 48.5 Å². The van der Waals surface area contributed by atoms with E-state index in [1.807, 2.05) is 36.4 Å². The number of carbonyl (C=O) groups excluding carboxylic acids is 1. The molecule has 1 N–H and O–H groups in total. The Kier molecular flexibility index (Phi) is 3.45. The molecular formula is C20H17NO3. The highest BCUT2D eigenvalue weighted by molar-refractivity contribution is 6.08. The van der Waals surface area contributed by atoms with Crippen LogP contribution in [-0.4, -0.2) is 23.2 Å². The fourth-order valence-corrected chi connectivity index (χ4v) is 3.12. The van der Waals surface area contributed by atoms with E-state index in [0.717, 1.165) is 40.6 Å². The van der Waals surface area contributed by atoms with Crippen LogP contribution in [-0.2, 0) is 4.74 Å². The largest absolute Gasteiger partial charge is 0.508 e. The van der Waals surface area contributed by atoms with Crippen molar-refractivity contribution < 1.29 is 14.6 Å². The monoisotopic (exact) mass is 319 g/mol. The van der Waals surface area contributed by atoms with Crippen LogP contribution in [0.25, 0.3) is 22.0 Å². The zero-order valence-corrected chi connectivity index (χ0v) is 13.3. The topological polar surface area (TPSA) is 59.4 Å². The van der Waals surface area contributed by atoms with Crippen molar-refractivity contribution in [2.24, 2.45) is 0 Å². The van der Waals surface area contributed by atoms with Crippen molar-refractivity contribution in [3.05, 3.63) is 59.8 Å². The summed E-state index contributed by atoms with van der Waals surface area (Å²) in [5.41, 5.74) is 3.94. The summed E-state index contributed by atoms with van der Waals surface area (Å²) < 4.78 is 5.06. The molecule has 0 unspecified atom stereocenters. The lowest BCUT2D eigenvalue weighted by Gasteiger charge is -2.16. The summed E-state index contributed by atoms with van der Waals surface area (Å²) in [4.78, 5) is 17.3. The van der Waals surface area contributed by atoms with Gasteiger partial charge in [-0.05, 0) is 36.6 Å². The van der Waals surface area contributed by atoms with E-state index in [0.29, 0.717) is 11.5 Å². The number of para-hydroxylation sites is 1. The number of benzene rings is 2. The highest BCUT2D eigenvalue weighted by Gasteiger charge is 2.33. The third-order valence-corrected chi connectivity index (χ3v) is 4.43. The second-order valence-corrected chi connectivity index (χ2v) is 6.08. The van der Waals surface area contributed by atoms with Crippen LogP contribution in [0.4, 0.5) is 0 Å². The number of aromatic nitrogens is 1. The lowest BCUT2D eigenvalue weighted by molar-refractivity contribution is 0.0600. The molecular weight excluding hydrogens is 302 g/mol. The summed E-state index contributed by atoms with van der Waals surface area (Å²) in [5.74, 6) is 0.150. The maximum Gasteiger partial charge on any atom is 0.340 e. The Bertz CT molecular complexity index is 928. The normalized spacial score (nSPS) is 13.9. The molecule has 4 heteroatoms. The molecule has 0 saturated heterocycles. The maximum absolute atomic E-state index is 12.6. The highest BCUT2D eigenvalue weighted by atomic mass is 16.5. The van der Waals surface area contributed by atoms with Crippen molar-refractivity contribution in [1.29, 1.82) is 0 Å². The summed E-state index contributed by atoms with van der Waals surface area (Å²) in [6, 6.07) is 14.7. The molecule has 1 heterocycles. The number of hydrogen-bond donors (Lipinski definition) is 1. The average Bonchev–Trinajstić information content (AvgIpc) is 3.45. The number of hydrogen-bond acceptors (Lipinski definition) is 4. The van der Waals surface area contributed by atoms with Gasteiger partial charge >= 0.3 is 5.97 Å². The third kappa shape index (κ3) is 2.40. The van der Waals surface area contributed by atoms with E-state index in [9.17, 15) is 9.90 Å². The quantitative estimate of drug-likeness (QED) is 0.732. The number of ether oxygens (including phenoxy) is 1. The van der Waals surface area contributed by atoms with Crippen LogP contribution in [0, 0.1) is 0 Å². The SMILES string of the molecule is COC(=O)c1c(C2CC2)nc2ccccc2c1-c1ccc(O)cc1. The summed E-state index contributed by atoms with van der Waals surface area (Å²) in [7, 11) is 1.40. The number of aromatic hydroxyl groups is 1. The molecule has 1 fully saturated rings. The number of phenols is 1. The molecule has 0 atom stereocenters. The number of fused-ring (bicyclic) bond motifs is 1. The predicted octanol–water partition coefficient (Wildman–Crippen LogP) is 4.27. The molecule has 24 heavy (non-hydrogen) atoms. The molecule has 1 aliphatic carbocycles. The number of carbonyl (C=O) groups is 1. The first kappa shape index (κ1) is 14.7. The minimum Gasteiger partial charge on any atom is -0.508 e. The van der Waals surface area contributed by atoms with Crippen LogP contribution in [0.1, 0.15) is 34.8 Å². The second-order valence-electron chi connectivity index (χ2n) is 6.08. The number of pyridine rings is 1. The predicted molar refractivity (Wildman–Crippen MR) is 92.2 cm³/mol. The van der Waals surface area contributed by atoms with Gasteiger partial charge in [0, 0.05) is 16.9 Å². The maximum atomic E-state index is 12.6. The number of rotatable bonds is 3. The van der Waals surface area contributed by atoms with Crippen LogP contribution < -0.4 is 0 Å². The molecule has 1 saturated carbocycles. The lowest BCUT2D eigenvalue weighted by atomic mass is 9.92. The van der Waals surface area contributed by atoms with Crippen molar-refractivity contribution >= 4 is 16.9 Å². The Morgan fingerprint density at radius 2 is 1.83 bits per heavy atom. The summed E-state index contributed by atoms with van der Waals surface area (Å²) >= 11 is 0. The van der Waals surface area contributed by atoms with Gasteiger partial charge in [0.05, 0.1) is 23.9 Å². The van der Waals surface area contributed by atoms with Crippen molar-refractivity contribution in [2.45, 2.75) is 18.8 Å². The van der Waals surface area contributed by atoms with Crippen molar-refractivity contribution in [3.8, 4) is 16.9 Å². The first-order valence-electron chi connectivity index (χ1n) is 7.99. The van der Waals surface area contributed by atoms with Gasteiger partial charge in [-0.15, -0.1) is 0 Å². The molecule has 2 aromatic carbocycles. The zero-order chi connectivity index (χ0) is 16.7.